The van der Waals surface area contributed by atoms with E-state index < -0.39 is 61.4 Å². The van der Waals surface area contributed by atoms with E-state index in [4.69, 9.17) is 18.9 Å². The number of methoxy groups -OCH3 is 2. The predicted octanol–water partition coefficient (Wildman–Crippen LogP) is -3.33. The second kappa shape index (κ2) is 8.32. The van der Waals surface area contributed by atoms with E-state index in [-0.39, 0.29) is 12.8 Å². The molecule has 0 unspecified atom stereocenters. The molecule has 2 rings (SSSR count). The Morgan fingerprint density at radius 2 is 0.917 bits per heavy atom. The van der Waals surface area contributed by atoms with E-state index in [9.17, 15) is 30.6 Å². The largest absolute Gasteiger partial charge is 0.388 e. The second-order valence-corrected chi connectivity index (χ2v) is 6.08. The molecule has 2 aliphatic rings. The normalized spacial score (nSPS) is 50.0. The highest BCUT2D eigenvalue weighted by atomic mass is 16.7. The molecule has 10 heteroatoms. The van der Waals surface area contributed by atoms with Gasteiger partial charge in [-0.2, -0.15) is 0 Å². The van der Waals surface area contributed by atoms with Crippen molar-refractivity contribution in [3.63, 3.8) is 0 Å². The first-order valence-electron chi connectivity index (χ1n) is 7.76. The van der Waals surface area contributed by atoms with Crippen LogP contribution < -0.4 is 0 Å². The van der Waals surface area contributed by atoms with Crippen LogP contribution in [0.25, 0.3) is 0 Å². The maximum Gasteiger partial charge on any atom is 0.186 e. The fourth-order valence-electron chi connectivity index (χ4n) is 3.03. The van der Waals surface area contributed by atoms with Gasteiger partial charge in [0, 0.05) is 14.2 Å². The van der Waals surface area contributed by atoms with Crippen LogP contribution in [-0.2, 0) is 18.9 Å². The summed E-state index contributed by atoms with van der Waals surface area (Å²) in [6.45, 7) is 0. The Morgan fingerprint density at radius 1 is 0.583 bits per heavy atom. The van der Waals surface area contributed by atoms with Crippen LogP contribution in [0.15, 0.2) is 0 Å². The van der Waals surface area contributed by atoms with E-state index in [1.807, 2.05) is 0 Å². The highest BCUT2D eigenvalue weighted by Gasteiger charge is 2.46. The molecule has 2 saturated heterocycles. The highest BCUT2D eigenvalue weighted by Crippen LogP contribution is 2.29. The number of hydrogen-bond acceptors (Lipinski definition) is 10. The van der Waals surface area contributed by atoms with Crippen molar-refractivity contribution in [3.05, 3.63) is 0 Å². The van der Waals surface area contributed by atoms with Crippen LogP contribution in [-0.4, -0.2) is 106 Å². The third kappa shape index (κ3) is 3.88. The van der Waals surface area contributed by atoms with Crippen molar-refractivity contribution in [1.29, 1.82) is 0 Å². The minimum absolute atomic E-state index is 0.145. The summed E-state index contributed by atoms with van der Waals surface area (Å²) in [6, 6.07) is 0. The lowest BCUT2D eigenvalue weighted by Crippen LogP contribution is -2.59. The first-order chi connectivity index (χ1) is 11.3. The van der Waals surface area contributed by atoms with Gasteiger partial charge in [0.25, 0.3) is 0 Å². The molecule has 6 N–H and O–H groups in total. The summed E-state index contributed by atoms with van der Waals surface area (Å²) in [4.78, 5) is 0. The molecule has 0 aromatic rings. The molecule has 2 heterocycles. The Labute approximate surface area is 139 Å². The van der Waals surface area contributed by atoms with Crippen molar-refractivity contribution in [2.45, 2.75) is 74.3 Å². The molecular weight excluding hydrogens is 328 g/mol. The zero-order valence-corrected chi connectivity index (χ0v) is 13.5. The minimum atomic E-state index is -1.44. The van der Waals surface area contributed by atoms with E-state index in [1.54, 1.807) is 0 Å². The van der Waals surface area contributed by atoms with Crippen molar-refractivity contribution in [1.82, 2.24) is 0 Å². The monoisotopic (exact) mass is 354 g/mol. The van der Waals surface area contributed by atoms with Crippen molar-refractivity contribution in [3.8, 4) is 0 Å². The zero-order chi connectivity index (χ0) is 18.0. The van der Waals surface area contributed by atoms with E-state index in [0.717, 1.165) is 0 Å². The molecule has 24 heavy (non-hydrogen) atoms. The molecule has 0 amide bonds. The Bertz CT molecular complexity index is 356. The number of aliphatic hydroxyl groups is 6. The predicted molar refractivity (Wildman–Crippen MR) is 76.6 cm³/mol. The van der Waals surface area contributed by atoms with Crippen LogP contribution in [0.2, 0.25) is 0 Å². The standard InChI is InChI=1S/C14H26O10/c1-21-13-11(19)9(17)7(15)5(23-13)3-4-6-8(16)10(18)12(20)14(22-2)24-6/h5-20H,3-4H2,1-2H3/t5-,6+,7-,8+,9+,10-,11-,12-,13+,14-/m1/s1. The van der Waals surface area contributed by atoms with Gasteiger partial charge >= 0.3 is 0 Å². The Hall–Kier alpha value is -0.400. The fraction of sp³-hybridized carbons (Fsp3) is 1.00. The molecule has 0 saturated carbocycles. The SMILES string of the molecule is CO[C@@H]1O[C@@H](CC[C@H]2O[C@H](OC)[C@H](O)[C@@H](O)[C@@H]2O)[C@H](O)[C@@H](O)[C@H]1O. The number of hydrogen-bond donors (Lipinski definition) is 6. The van der Waals surface area contributed by atoms with Crippen LogP contribution in [0.1, 0.15) is 12.8 Å². The molecule has 0 aromatic heterocycles. The van der Waals surface area contributed by atoms with Crippen LogP contribution in [0.3, 0.4) is 0 Å². The van der Waals surface area contributed by atoms with Gasteiger partial charge in [-0.15, -0.1) is 0 Å². The van der Waals surface area contributed by atoms with Gasteiger partial charge < -0.3 is 49.6 Å². The number of ether oxygens (including phenoxy) is 4. The summed E-state index contributed by atoms with van der Waals surface area (Å²) in [6.07, 6.45) is -12.0. The smallest absolute Gasteiger partial charge is 0.186 e. The quantitative estimate of drug-likeness (QED) is 0.295. The van der Waals surface area contributed by atoms with Gasteiger partial charge in [-0.1, -0.05) is 0 Å². The molecule has 0 bridgehead atoms. The molecule has 0 aliphatic carbocycles. The van der Waals surface area contributed by atoms with E-state index in [0.29, 0.717) is 0 Å². The Morgan fingerprint density at radius 3 is 1.21 bits per heavy atom. The number of aliphatic hydroxyl groups excluding tert-OH is 6. The minimum Gasteiger partial charge on any atom is -0.388 e. The summed E-state index contributed by atoms with van der Waals surface area (Å²) < 4.78 is 20.6. The lowest BCUT2D eigenvalue weighted by molar-refractivity contribution is -0.302. The Kier molecular flexibility index (Phi) is 6.90. The molecule has 0 spiro atoms. The van der Waals surface area contributed by atoms with Crippen LogP contribution in [0.5, 0.6) is 0 Å². The van der Waals surface area contributed by atoms with Gasteiger partial charge in [-0.3, -0.25) is 0 Å². The molecule has 142 valence electrons. The first kappa shape index (κ1) is 19.9. The molecule has 2 aliphatic heterocycles. The molecular formula is C14H26O10. The maximum atomic E-state index is 10.0. The van der Waals surface area contributed by atoms with E-state index >= 15 is 0 Å². The molecule has 10 nitrogen and oxygen atoms in total. The van der Waals surface area contributed by atoms with Gasteiger partial charge in [0.1, 0.15) is 36.6 Å². The van der Waals surface area contributed by atoms with E-state index in [2.05, 4.69) is 0 Å². The van der Waals surface area contributed by atoms with Crippen LogP contribution in [0, 0.1) is 0 Å². The Balaban J connectivity index is 1.96. The van der Waals surface area contributed by atoms with Gasteiger partial charge in [0.2, 0.25) is 0 Å². The van der Waals surface area contributed by atoms with Gasteiger partial charge in [0.15, 0.2) is 12.6 Å². The highest BCUT2D eigenvalue weighted by molar-refractivity contribution is 4.92. The average Bonchev–Trinajstić information content (AvgIpc) is 2.58. The van der Waals surface area contributed by atoms with Crippen molar-refractivity contribution in [2.75, 3.05) is 14.2 Å². The third-order valence-electron chi connectivity index (χ3n) is 4.54. The van der Waals surface area contributed by atoms with Crippen LogP contribution >= 0.6 is 0 Å². The molecule has 10 atom stereocenters. The van der Waals surface area contributed by atoms with Gasteiger partial charge in [0.05, 0.1) is 12.2 Å². The zero-order valence-electron chi connectivity index (χ0n) is 13.5. The first-order valence-corrected chi connectivity index (χ1v) is 7.76. The lowest BCUT2D eigenvalue weighted by Gasteiger charge is -2.42. The summed E-state index contributed by atoms with van der Waals surface area (Å²) in [5.74, 6) is 0. The molecule has 0 aromatic carbocycles. The maximum absolute atomic E-state index is 10.0. The molecule has 0 radical (unpaired) electrons. The van der Waals surface area contributed by atoms with Crippen molar-refractivity contribution in [2.24, 2.45) is 0 Å². The van der Waals surface area contributed by atoms with Crippen molar-refractivity contribution >= 4 is 0 Å². The molecule has 2 fully saturated rings. The summed E-state index contributed by atoms with van der Waals surface area (Å²) >= 11 is 0. The summed E-state index contributed by atoms with van der Waals surface area (Å²) in [5, 5.41) is 59.1. The van der Waals surface area contributed by atoms with Crippen molar-refractivity contribution < 1.29 is 49.6 Å². The van der Waals surface area contributed by atoms with Gasteiger partial charge in [-0.05, 0) is 12.8 Å². The summed E-state index contributed by atoms with van der Waals surface area (Å²) in [7, 11) is 2.59. The summed E-state index contributed by atoms with van der Waals surface area (Å²) in [5.41, 5.74) is 0. The lowest BCUT2D eigenvalue weighted by atomic mass is 9.91. The fourth-order valence-corrected chi connectivity index (χ4v) is 3.03. The topological polar surface area (TPSA) is 158 Å². The van der Waals surface area contributed by atoms with E-state index in [1.165, 1.54) is 14.2 Å². The number of rotatable bonds is 5. The second-order valence-electron chi connectivity index (χ2n) is 6.08. The van der Waals surface area contributed by atoms with Gasteiger partial charge in [-0.25, -0.2) is 0 Å². The third-order valence-corrected chi connectivity index (χ3v) is 4.54. The average molecular weight is 354 g/mol. The van der Waals surface area contributed by atoms with Crippen LogP contribution in [0.4, 0.5) is 0 Å².